The van der Waals surface area contributed by atoms with Gasteiger partial charge in [-0.05, 0) is 31.2 Å². The predicted octanol–water partition coefficient (Wildman–Crippen LogP) is 2.41. The molecule has 0 spiro atoms. The van der Waals surface area contributed by atoms with E-state index < -0.39 is 0 Å². The average Bonchev–Trinajstić information content (AvgIpc) is 2.61. The number of carbonyl (C=O) groups excluding carboxylic acids is 1. The Labute approximate surface area is 134 Å². The first-order valence-corrected chi connectivity index (χ1v) is 7.41. The summed E-state index contributed by atoms with van der Waals surface area (Å²) >= 11 is 0. The zero-order chi connectivity index (χ0) is 16.2. The molecule has 5 heteroatoms. The van der Waals surface area contributed by atoms with Crippen molar-refractivity contribution in [3.05, 3.63) is 60.4 Å². The molecule has 0 aliphatic carbocycles. The number of pyridine rings is 2. The number of fused-ring (bicyclic) bond motifs is 1. The lowest BCUT2D eigenvalue weighted by atomic mass is 10.0. The second-order valence-electron chi connectivity index (χ2n) is 5.37. The zero-order valence-corrected chi connectivity index (χ0v) is 12.7. The van der Waals surface area contributed by atoms with Gasteiger partial charge in [0.1, 0.15) is 0 Å². The quantitative estimate of drug-likeness (QED) is 0.776. The van der Waals surface area contributed by atoms with E-state index in [0.717, 1.165) is 16.5 Å². The summed E-state index contributed by atoms with van der Waals surface area (Å²) in [5.41, 5.74) is 2.91. The number of carbonyl (C=O) groups is 1. The molecule has 5 nitrogen and oxygen atoms in total. The molecule has 1 aromatic carbocycles. The monoisotopic (exact) mass is 307 g/mol. The van der Waals surface area contributed by atoms with E-state index >= 15 is 0 Å². The Hall–Kier alpha value is -2.79. The van der Waals surface area contributed by atoms with Crippen LogP contribution in [0.5, 0.6) is 0 Å². The molecule has 0 saturated carbocycles. The van der Waals surface area contributed by atoms with E-state index in [1.165, 1.54) is 0 Å². The van der Waals surface area contributed by atoms with Crippen molar-refractivity contribution < 1.29 is 9.90 Å². The highest BCUT2D eigenvalue weighted by Crippen LogP contribution is 2.24. The Balaban J connectivity index is 2.13. The molecule has 2 aromatic heterocycles. The highest BCUT2D eigenvalue weighted by Gasteiger charge is 2.15. The third-order valence-corrected chi connectivity index (χ3v) is 3.59. The Morgan fingerprint density at radius 3 is 2.70 bits per heavy atom. The Morgan fingerprint density at radius 1 is 1.22 bits per heavy atom. The fraction of sp³-hybridized carbons (Fsp3) is 0.167. The fourth-order valence-electron chi connectivity index (χ4n) is 2.38. The first kappa shape index (κ1) is 15.1. The predicted molar refractivity (Wildman–Crippen MR) is 89.0 cm³/mol. The number of amides is 1. The summed E-state index contributed by atoms with van der Waals surface area (Å²) in [6, 6.07) is 12.7. The molecule has 3 rings (SSSR count). The molecule has 0 fully saturated rings. The molecule has 0 radical (unpaired) electrons. The van der Waals surface area contributed by atoms with Crippen LogP contribution in [0.1, 0.15) is 17.3 Å². The topological polar surface area (TPSA) is 75.1 Å². The summed E-state index contributed by atoms with van der Waals surface area (Å²) < 4.78 is 0. The van der Waals surface area contributed by atoms with Crippen molar-refractivity contribution in [2.75, 3.05) is 6.61 Å². The second kappa shape index (κ2) is 6.54. The van der Waals surface area contributed by atoms with Crippen LogP contribution in [0.3, 0.4) is 0 Å². The lowest BCUT2D eigenvalue weighted by Crippen LogP contribution is -2.35. The van der Waals surface area contributed by atoms with Gasteiger partial charge in [0.2, 0.25) is 0 Å². The Bertz CT molecular complexity index is 834. The number of aromatic nitrogens is 2. The zero-order valence-electron chi connectivity index (χ0n) is 12.7. The van der Waals surface area contributed by atoms with Gasteiger partial charge in [-0.2, -0.15) is 0 Å². The van der Waals surface area contributed by atoms with Crippen molar-refractivity contribution in [2.45, 2.75) is 13.0 Å². The minimum absolute atomic E-state index is 0.105. The number of aliphatic hydroxyl groups is 1. The van der Waals surface area contributed by atoms with E-state index in [1.807, 2.05) is 36.4 Å². The lowest BCUT2D eigenvalue weighted by molar-refractivity contribution is 0.0924. The van der Waals surface area contributed by atoms with E-state index in [-0.39, 0.29) is 18.6 Å². The van der Waals surface area contributed by atoms with Gasteiger partial charge in [-0.1, -0.05) is 18.2 Å². The van der Waals surface area contributed by atoms with Gasteiger partial charge in [-0.15, -0.1) is 0 Å². The van der Waals surface area contributed by atoms with E-state index in [1.54, 1.807) is 25.4 Å². The average molecular weight is 307 g/mol. The van der Waals surface area contributed by atoms with E-state index in [4.69, 9.17) is 5.11 Å². The molecule has 2 N–H and O–H groups in total. The van der Waals surface area contributed by atoms with Gasteiger partial charge in [-0.25, -0.2) is 4.98 Å². The van der Waals surface area contributed by atoms with Gasteiger partial charge in [0.15, 0.2) is 0 Å². The lowest BCUT2D eigenvalue weighted by Gasteiger charge is -2.13. The van der Waals surface area contributed by atoms with Gasteiger partial charge in [-0.3, -0.25) is 9.78 Å². The molecule has 116 valence electrons. The molecule has 0 bridgehead atoms. The van der Waals surface area contributed by atoms with Crippen LogP contribution in [0.2, 0.25) is 0 Å². The van der Waals surface area contributed by atoms with Crippen LogP contribution in [-0.2, 0) is 0 Å². The van der Waals surface area contributed by atoms with E-state index in [9.17, 15) is 4.79 Å². The third kappa shape index (κ3) is 3.19. The summed E-state index contributed by atoms with van der Waals surface area (Å²) in [4.78, 5) is 21.2. The van der Waals surface area contributed by atoms with Crippen LogP contribution in [0.4, 0.5) is 0 Å². The number of aliphatic hydroxyl groups excluding tert-OH is 1. The van der Waals surface area contributed by atoms with Crippen molar-refractivity contribution >= 4 is 16.8 Å². The number of hydrogen-bond donors (Lipinski definition) is 2. The Morgan fingerprint density at radius 2 is 1.96 bits per heavy atom. The minimum atomic E-state index is -0.307. The Kier molecular flexibility index (Phi) is 4.30. The number of benzene rings is 1. The van der Waals surface area contributed by atoms with Crippen LogP contribution in [0, 0.1) is 0 Å². The van der Waals surface area contributed by atoms with Crippen LogP contribution in [-0.4, -0.2) is 33.6 Å². The number of nitrogens with zero attached hydrogens (tertiary/aromatic N) is 2. The number of para-hydroxylation sites is 1. The maximum absolute atomic E-state index is 12.5. The van der Waals surface area contributed by atoms with Crippen molar-refractivity contribution in [1.29, 1.82) is 0 Å². The highest BCUT2D eigenvalue weighted by molar-refractivity contribution is 6.07. The van der Waals surface area contributed by atoms with Gasteiger partial charge in [0.05, 0.1) is 23.4 Å². The maximum Gasteiger partial charge on any atom is 0.252 e. The molecule has 1 amide bonds. The summed E-state index contributed by atoms with van der Waals surface area (Å²) in [6.45, 7) is 1.65. The molecule has 1 atom stereocenters. The highest BCUT2D eigenvalue weighted by atomic mass is 16.3. The SMILES string of the molecule is CC(CO)NC(=O)c1cc(-c2ccncc2)nc2ccccc12. The minimum Gasteiger partial charge on any atom is -0.394 e. The summed E-state index contributed by atoms with van der Waals surface area (Å²) in [7, 11) is 0. The smallest absolute Gasteiger partial charge is 0.252 e. The van der Waals surface area contributed by atoms with Crippen LogP contribution in [0.15, 0.2) is 54.9 Å². The van der Waals surface area contributed by atoms with Crippen LogP contribution < -0.4 is 5.32 Å². The molecular formula is C18H17N3O2. The number of hydrogen-bond acceptors (Lipinski definition) is 4. The normalized spacial score (nSPS) is 12.1. The van der Waals surface area contributed by atoms with Crippen molar-refractivity contribution in [3.63, 3.8) is 0 Å². The maximum atomic E-state index is 12.5. The first-order chi connectivity index (χ1) is 11.2. The van der Waals surface area contributed by atoms with Gasteiger partial charge >= 0.3 is 0 Å². The van der Waals surface area contributed by atoms with Gasteiger partial charge < -0.3 is 10.4 Å². The molecule has 0 aliphatic heterocycles. The summed E-state index contributed by atoms with van der Waals surface area (Å²) in [6.07, 6.45) is 3.39. The molecule has 2 heterocycles. The third-order valence-electron chi connectivity index (χ3n) is 3.59. The van der Waals surface area contributed by atoms with Crippen LogP contribution >= 0.6 is 0 Å². The standard InChI is InChI=1S/C18H17N3O2/c1-12(11-22)20-18(23)15-10-17(13-6-8-19-9-7-13)21-16-5-3-2-4-14(15)16/h2-10,12,22H,11H2,1H3,(H,20,23). The molecule has 23 heavy (non-hydrogen) atoms. The summed E-state index contributed by atoms with van der Waals surface area (Å²) in [5.74, 6) is -0.222. The second-order valence-corrected chi connectivity index (χ2v) is 5.37. The van der Waals surface area contributed by atoms with Gasteiger partial charge in [0.25, 0.3) is 5.91 Å². The number of nitrogens with one attached hydrogen (secondary N) is 1. The molecular weight excluding hydrogens is 290 g/mol. The van der Waals surface area contributed by atoms with E-state index in [2.05, 4.69) is 15.3 Å². The van der Waals surface area contributed by atoms with E-state index in [0.29, 0.717) is 11.3 Å². The fourth-order valence-corrected chi connectivity index (χ4v) is 2.38. The molecule has 0 saturated heterocycles. The first-order valence-electron chi connectivity index (χ1n) is 7.41. The summed E-state index contributed by atoms with van der Waals surface area (Å²) in [5, 5.41) is 12.7. The van der Waals surface area contributed by atoms with Crippen molar-refractivity contribution in [2.24, 2.45) is 0 Å². The largest absolute Gasteiger partial charge is 0.394 e. The molecule has 3 aromatic rings. The van der Waals surface area contributed by atoms with Crippen LogP contribution in [0.25, 0.3) is 22.2 Å². The van der Waals surface area contributed by atoms with Crippen molar-refractivity contribution in [1.82, 2.24) is 15.3 Å². The molecule has 0 aliphatic rings. The van der Waals surface area contributed by atoms with Gasteiger partial charge in [0, 0.05) is 29.4 Å². The van der Waals surface area contributed by atoms with Crippen molar-refractivity contribution in [3.8, 4) is 11.3 Å². The molecule has 1 unspecified atom stereocenters. The number of rotatable bonds is 4.